The van der Waals surface area contributed by atoms with E-state index < -0.39 is 26.6 Å². The van der Waals surface area contributed by atoms with Crippen LogP contribution in [0.25, 0.3) is 27.7 Å². The van der Waals surface area contributed by atoms with Crippen molar-refractivity contribution in [3.63, 3.8) is 0 Å². The fourth-order valence-electron chi connectivity index (χ4n) is 3.83. The fraction of sp³-hybridized carbons (Fsp3) is 0.0400. The van der Waals surface area contributed by atoms with Gasteiger partial charge in [-0.3, -0.25) is 14.6 Å². The first-order chi connectivity index (χ1) is 17.7. The average molecular weight is 587 g/mol. The van der Waals surface area contributed by atoms with Gasteiger partial charge >= 0.3 is 0 Å². The molecule has 0 saturated carbocycles. The van der Waals surface area contributed by atoms with Crippen LogP contribution in [0.15, 0.2) is 87.1 Å². The molecule has 0 spiro atoms. The molecule has 0 amide bonds. The van der Waals surface area contributed by atoms with Crippen molar-refractivity contribution in [2.45, 2.75) is 4.90 Å². The summed E-state index contributed by atoms with van der Waals surface area (Å²) in [5.41, 5.74) is 1.95. The summed E-state index contributed by atoms with van der Waals surface area (Å²) in [7, 11) is -3.14. The standard InChI is InChI=1S/C25H17BrF2N4O4S/c1-36-24-22(31-37(34,35)23-8-6-17(27)12-20(23)28)10-15(13-29-24)14-5-7-21-19(9-14)25(33)32(30-21)18-4-2-3-16(26)11-18/h2-13,30-31H,1H3. The highest BCUT2D eigenvalue weighted by atomic mass is 79.9. The molecule has 0 aliphatic carbocycles. The molecule has 2 N–H and O–H groups in total. The Morgan fingerprint density at radius 2 is 1.84 bits per heavy atom. The number of nitrogens with zero attached hydrogens (tertiary/aromatic N) is 2. The molecule has 12 heteroatoms. The third-order valence-electron chi connectivity index (χ3n) is 5.56. The zero-order valence-corrected chi connectivity index (χ0v) is 21.4. The van der Waals surface area contributed by atoms with Crippen LogP contribution in [-0.2, 0) is 10.0 Å². The van der Waals surface area contributed by atoms with Crippen molar-refractivity contribution in [3.8, 4) is 22.7 Å². The molecule has 8 nitrogen and oxygen atoms in total. The maximum Gasteiger partial charge on any atom is 0.279 e. The number of aromatic nitrogens is 3. The monoisotopic (exact) mass is 586 g/mol. The van der Waals surface area contributed by atoms with E-state index in [2.05, 4.69) is 30.7 Å². The SMILES string of the molecule is COc1ncc(-c2ccc3[nH]n(-c4cccc(Br)c4)c(=O)c3c2)cc1NS(=O)(=O)c1ccc(F)cc1F. The molecule has 5 rings (SSSR count). The molecule has 0 fully saturated rings. The number of rotatable bonds is 6. The van der Waals surface area contributed by atoms with E-state index in [4.69, 9.17) is 4.74 Å². The summed E-state index contributed by atoms with van der Waals surface area (Å²) in [5.74, 6) is -2.21. The number of benzene rings is 3. The zero-order chi connectivity index (χ0) is 26.3. The number of sulfonamides is 1. The predicted octanol–water partition coefficient (Wildman–Crippen LogP) is 5.23. The number of hydrogen-bond donors (Lipinski definition) is 2. The molecule has 2 aromatic heterocycles. The van der Waals surface area contributed by atoms with E-state index in [0.29, 0.717) is 33.8 Å². The van der Waals surface area contributed by atoms with E-state index in [-0.39, 0.29) is 17.1 Å². The maximum atomic E-state index is 14.2. The summed E-state index contributed by atoms with van der Waals surface area (Å²) in [5, 5.41) is 3.47. The van der Waals surface area contributed by atoms with Crippen LogP contribution in [0.3, 0.4) is 0 Å². The molecule has 2 heterocycles. The average Bonchev–Trinajstić information content (AvgIpc) is 3.19. The molecule has 0 aliphatic heterocycles. The second-order valence-electron chi connectivity index (χ2n) is 7.95. The Morgan fingerprint density at radius 1 is 1.03 bits per heavy atom. The first-order valence-corrected chi connectivity index (χ1v) is 13.0. The zero-order valence-electron chi connectivity index (χ0n) is 19.0. The molecular weight excluding hydrogens is 570 g/mol. The smallest absolute Gasteiger partial charge is 0.279 e. The first-order valence-electron chi connectivity index (χ1n) is 10.7. The van der Waals surface area contributed by atoms with Gasteiger partial charge in [0.15, 0.2) is 0 Å². The van der Waals surface area contributed by atoms with Crippen molar-refractivity contribution in [3.05, 3.63) is 99.4 Å². The van der Waals surface area contributed by atoms with Gasteiger partial charge < -0.3 is 4.74 Å². The second kappa shape index (κ2) is 9.45. The Balaban J connectivity index is 1.55. The van der Waals surface area contributed by atoms with Crippen LogP contribution < -0.4 is 15.0 Å². The van der Waals surface area contributed by atoms with Crippen molar-refractivity contribution in [1.82, 2.24) is 14.8 Å². The van der Waals surface area contributed by atoms with Gasteiger partial charge in [-0.15, -0.1) is 0 Å². The summed E-state index contributed by atoms with van der Waals surface area (Å²) in [4.78, 5) is 16.5. The van der Waals surface area contributed by atoms with Gasteiger partial charge in [-0.05, 0) is 54.1 Å². The van der Waals surface area contributed by atoms with Gasteiger partial charge in [0.05, 0.1) is 23.7 Å². The van der Waals surface area contributed by atoms with Crippen LogP contribution in [0, 0.1) is 11.6 Å². The fourth-order valence-corrected chi connectivity index (χ4v) is 5.32. The van der Waals surface area contributed by atoms with E-state index in [1.807, 2.05) is 12.1 Å². The third-order valence-corrected chi connectivity index (χ3v) is 7.45. The molecule has 0 atom stereocenters. The van der Waals surface area contributed by atoms with E-state index in [1.165, 1.54) is 24.1 Å². The molecule has 0 radical (unpaired) electrons. The number of nitrogens with one attached hydrogen (secondary N) is 2. The lowest BCUT2D eigenvalue weighted by molar-refractivity contribution is 0.400. The molecule has 0 aliphatic rings. The molecule has 0 unspecified atom stereocenters. The lowest BCUT2D eigenvalue weighted by Gasteiger charge is -2.13. The van der Waals surface area contributed by atoms with Crippen molar-refractivity contribution in [2.24, 2.45) is 0 Å². The van der Waals surface area contributed by atoms with Gasteiger partial charge in [0.2, 0.25) is 5.88 Å². The lowest BCUT2D eigenvalue weighted by atomic mass is 10.1. The molecule has 3 aromatic carbocycles. The van der Waals surface area contributed by atoms with Gasteiger partial charge in [0, 0.05) is 22.3 Å². The molecule has 188 valence electrons. The quantitative estimate of drug-likeness (QED) is 0.283. The Morgan fingerprint density at radius 3 is 2.57 bits per heavy atom. The Kier molecular flexibility index (Phi) is 6.30. The topological polar surface area (TPSA) is 106 Å². The number of hydrogen-bond acceptors (Lipinski definition) is 5. The minimum atomic E-state index is -4.44. The Bertz CT molecular complexity index is 1840. The highest BCUT2D eigenvalue weighted by molar-refractivity contribution is 9.10. The molecule has 5 aromatic rings. The number of pyridine rings is 1. The highest BCUT2D eigenvalue weighted by Crippen LogP contribution is 2.31. The number of ether oxygens (including phenoxy) is 1. The Hall–Kier alpha value is -4.03. The number of H-pyrrole nitrogens is 1. The normalized spacial score (nSPS) is 11.6. The van der Waals surface area contributed by atoms with Crippen molar-refractivity contribution in [1.29, 1.82) is 0 Å². The summed E-state index contributed by atoms with van der Waals surface area (Å²) in [6.07, 6.45) is 1.45. The summed E-state index contributed by atoms with van der Waals surface area (Å²) in [6.45, 7) is 0. The van der Waals surface area contributed by atoms with Crippen LogP contribution in [0.2, 0.25) is 0 Å². The van der Waals surface area contributed by atoms with E-state index >= 15 is 0 Å². The van der Waals surface area contributed by atoms with Crippen LogP contribution in [0.1, 0.15) is 0 Å². The minimum absolute atomic E-state index is 0.0606. The van der Waals surface area contributed by atoms with Gasteiger partial charge in [0.25, 0.3) is 15.6 Å². The van der Waals surface area contributed by atoms with Crippen LogP contribution in [0.5, 0.6) is 5.88 Å². The number of halogens is 3. The van der Waals surface area contributed by atoms with Crippen LogP contribution >= 0.6 is 15.9 Å². The van der Waals surface area contributed by atoms with Gasteiger partial charge in [0.1, 0.15) is 22.2 Å². The number of fused-ring (bicyclic) bond motifs is 1. The van der Waals surface area contributed by atoms with Gasteiger partial charge in [-0.25, -0.2) is 26.9 Å². The number of anilines is 1. The molecule has 0 saturated heterocycles. The van der Waals surface area contributed by atoms with E-state index in [0.717, 1.165) is 16.6 Å². The summed E-state index contributed by atoms with van der Waals surface area (Å²) < 4.78 is 62.7. The second-order valence-corrected chi connectivity index (χ2v) is 10.5. The van der Waals surface area contributed by atoms with Crippen molar-refractivity contribution in [2.75, 3.05) is 11.8 Å². The summed E-state index contributed by atoms with van der Waals surface area (Å²) >= 11 is 3.40. The molecular formula is C25H17BrF2N4O4S. The van der Waals surface area contributed by atoms with Crippen LogP contribution in [0.4, 0.5) is 14.5 Å². The summed E-state index contributed by atoms with van der Waals surface area (Å²) in [6, 6.07) is 16.0. The van der Waals surface area contributed by atoms with Crippen molar-refractivity contribution >= 4 is 42.5 Å². The highest BCUT2D eigenvalue weighted by Gasteiger charge is 2.22. The lowest BCUT2D eigenvalue weighted by Crippen LogP contribution is -2.16. The molecule has 0 bridgehead atoms. The first kappa shape index (κ1) is 24.7. The molecule has 37 heavy (non-hydrogen) atoms. The Labute approximate surface area is 217 Å². The van der Waals surface area contributed by atoms with Crippen LogP contribution in [-0.4, -0.2) is 30.3 Å². The largest absolute Gasteiger partial charge is 0.480 e. The number of methoxy groups -OCH3 is 1. The van der Waals surface area contributed by atoms with Crippen molar-refractivity contribution < 1.29 is 21.9 Å². The number of aromatic amines is 1. The minimum Gasteiger partial charge on any atom is -0.480 e. The maximum absolute atomic E-state index is 14.2. The van der Waals surface area contributed by atoms with E-state index in [1.54, 1.807) is 30.3 Å². The predicted molar refractivity (Wildman–Crippen MR) is 139 cm³/mol. The van der Waals surface area contributed by atoms with E-state index in [9.17, 15) is 22.0 Å². The van der Waals surface area contributed by atoms with Gasteiger partial charge in [-0.1, -0.05) is 28.1 Å². The third kappa shape index (κ3) is 4.72. The van der Waals surface area contributed by atoms with Gasteiger partial charge in [-0.2, -0.15) is 0 Å².